The van der Waals surface area contributed by atoms with Gasteiger partial charge in [0.15, 0.2) is 5.16 Å². The van der Waals surface area contributed by atoms with Gasteiger partial charge in [-0.1, -0.05) is 30.7 Å². The number of hydrogen-bond donors (Lipinski definition) is 2. The van der Waals surface area contributed by atoms with Crippen LogP contribution in [0.4, 0.5) is 0 Å². The molecule has 0 amide bonds. The first kappa shape index (κ1) is 14.7. The molecule has 1 aromatic carbocycles. The maximum Gasteiger partial charge on any atom is 0.344 e. The van der Waals surface area contributed by atoms with Gasteiger partial charge in [0, 0.05) is 17.5 Å². The number of rotatable bonds is 6. The van der Waals surface area contributed by atoms with Crippen molar-refractivity contribution in [3.05, 3.63) is 39.3 Å². The lowest BCUT2D eigenvalue weighted by Gasteiger charge is -2.11. The number of nitrogens with one attached hydrogen (secondary N) is 2. The molecule has 7 heteroatoms. The minimum Gasteiger partial charge on any atom is -0.313 e. The summed E-state index contributed by atoms with van der Waals surface area (Å²) in [7, 11) is 0. The van der Waals surface area contributed by atoms with E-state index in [2.05, 4.69) is 22.4 Å². The summed E-state index contributed by atoms with van der Waals surface area (Å²) < 4.78 is 1.74. The molecular formula is C14H17ClN4OS. The summed E-state index contributed by atoms with van der Waals surface area (Å²) in [5, 5.41) is 11.4. The lowest BCUT2D eigenvalue weighted by molar-refractivity contribution is 0.642. The Labute approximate surface area is 132 Å². The average Bonchev–Trinajstić information content (AvgIpc) is 3.24. The third-order valence-corrected chi connectivity index (χ3v) is 4.98. The van der Waals surface area contributed by atoms with E-state index in [0.717, 1.165) is 36.4 Å². The molecule has 2 aromatic rings. The molecule has 0 spiro atoms. The number of H-pyrrole nitrogens is 1. The molecule has 5 nitrogen and oxygen atoms in total. The third kappa shape index (κ3) is 3.17. The highest BCUT2D eigenvalue weighted by atomic mass is 35.5. The molecule has 112 valence electrons. The van der Waals surface area contributed by atoms with Crippen molar-refractivity contribution in [2.24, 2.45) is 0 Å². The van der Waals surface area contributed by atoms with Gasteiger partial charge in [-0.3, -0.25) is 4.57 Å². The summed E-state index contributed by atoms with van der Waals surface area (Å²) in [5.41, 5.74) is 0.979. The van der Waals surface area contributed by atoms with Crippen LogP contribution >= 0.6 is 23.4 Å². The Morgan fingerprint density at radius 1 is 1.52 bits per heavy atom. The molecule has 1 aromatic heterocycles. The van der Waals surface area contributed by atoms with E-state index in [0.29, 0.717) is 16.2 Å². The second-order valence-electron chi connectivity index (χ2n) is 5.02. The predicted molar refractivity (Wildman–Crippen MR) is 84.1 cm³/mol. The predicted octanol–water partition coefficient (Wildman–Crippen LogP) is 2.82. The molecule has 1 saturated carbocycles. The van der Waals surface area contributed by atoms with Gasteiger partial charge in [-0.15, -0.1) is 5.10 Å². The molecule has 1 fully saturated rings. The van der Waals surface area contributed by atoms with E-state index in [1.807, 2.05) is 18.2 Å². The Balaban J connectivity index is 1.92. The van der Waals surface area contributed by atoms with Crippen LogP contribution in [-0.2, 0) is 6.54 Å². The summed E-state index contributed by atoms with van der Waals surface area (Å²) in [6.45, 7) is 3.71. The van der Waals surface area contributed by atoms with Crippen molar-refractivity contribution in [2.45, 2.75) is 42.4 Å². The number of benzene rings is 1. The van der Waals surface area contributed by atoms with Gasteiger partial charge in [-0.25, -0.2) is 9.89 Å². The largest absolute Gasteiger partial charge is 0.344 e. The van der Waals surface area contributed by atoms with Gasteiger partial charge in [-0.2, -0.15) is 0 Å². The van der Waals surface area contributed by atoms with Gasteiger partial charge in [0.05, 0.1) is 5.02 Å². The van der Waals surface area contributed by atoms with E-state index < -0.39 is 0 Å². The molecule has 0 unspecified atom stereocenters. The van der Waals surface area contributed by atoms with Gasteiger partial charge in [0.2, 0.25) is 0 Å². The minimum atomic E-state index is -0.139. The Morgan fingerprint density at radius 2 is 2.33 bits per heavy atom. The maximum atomic E-state index is 11.8. The van der Waals surface area contributed by atoms with E-state index in [9.17, 15) is 4.79 Å². The van der Waals surface area contributed by atoms with Crippen molar-refractivity contribution in [1.29, 1.82) is 0 Å². The minimum absolute atomic E-state index is 0.139. The molecular weight excluding hydrogens is 308 g/mol. The van der Waals surface area contributed by atoms with Gasteiger partial charge in [-0.05, 0) is 42.8 Å². The molecule has 1 heterocycles. The standard InChI is InChI=1S/C14H17ClN4OS/c1-2-16-8-9-4-3-5-11(15)12(9)21-14-18-17-13(20)19(14)10-6-7-10/h3-5,10,16H,2,6-8H2,1H3,(H,17,20). The smallest absolute Gasteiger partial charge is 0.313 e. The highest BCUT2D eigenvalue weighted by molar-refractivity contribution is 7.99. The molecule has 0 radical (unpaired) electrons. The second-order valence-corrected chi connectivity index (χ2v) is 6.41. The molecule has 1 aliphatic carbocycles. The monoisotopic (exact) mass is 324 g/mol. The third-order valence-electron chi connectivity index (χ3n) is 3.39. The summed E-state index contributed by atoms with van der Waals surface area (Å²) >= 11 is 7.79. The number of aromatic amines is 1. The van der Waals surface area contributed by atoms with Crippen LogP contribution in [0.5, 0.6) is 0 Å². The lowest BCUT2D eigenvalue weighted by atomic mass is 10.2. The van der Waals surface area contributed by atoms with Crippen LogP contribution in [0.25, 0.3) is 0 Å². The van der Waals surface area contributed by atoms with Crippen LogP contribution in [0.2, 0.25) is 5.02 Å². The topological polar surface area (TPSA) is 62.7 Å². The highest BCUT2D eigenvalue weighted by Gasteiger charge is 2.29. The van der Waals surface area contributed by atoms with Crippen LogP contribution in [-0.4, -0.2) is 21.3 Å². The van der Waals surface area contributed by atoms with Gasteiger partial charge >= 0.3 is 5.69 Å². The number of aromatic nitrogens is 3. The lowest BCUT2D eigenvalue weighted by Crippen LogP contribution is -2.16. The number of halogens is 1. The van der Waals surface area contributed by atoms with E-state index in [1.54, 1.807) is 4.57 Å². The molecule has 1 aliphatic rings. The number of nitrogens with zero attached hydrogens (tertiary/aromatic N) is 2. The molecule has 0 atom stereocenters. The Hall–Kier alpha value is -1.24. The van der Waals surface area contributed by atoms with Crippen LogP contribution < -0.4 is 11.0 Å². The Morgan fingerprint density at radius 3 is 3.05 bits per heavy atom. The van der Waals surface area contributed by atoms with E-state index in [-0.39, 0.29) is 5.69 Å². The fourth-order valence-electron chi connectivity index (χ4n) is 2.17. The van der Waals surface area contributed by atoms with Gasteiger partial charge in [0.25, 0.3) is 0 Å². The fraction of sp³-hybridized carbons (Fsp3) is 0.429. The highest BCUT2D eigenvalue weighted by Crippen LogP contribution is 2.40. The summed E-state index contributed by atoms with van der Waals surface area (Å²) in [5.74, 6) is 0. The van der Waals surface area contributed by atoms with Crippen LogP contribution in [0.15, 0.2) is 33.0 Å². The van der Waals surface area contributed by atoms with Gasteiger partial charge in [0.1, 0.15) is 0 Å². The van der Waals surface area contributed by atoms with Crippen molar-refractivity contribution >= 4 is 23.4 Å². The first-order valence-electron chi connectivity index (χ1n) is 7.03. The Kier molecular flexibility index (Phi) is 4.37. The van der Waals surface area contributed by atoms with Crippen LogP contribution in [0, 0.1) is 0 Å². The summed E-state index contributed by atoms with van der Waals surface area (Å²) in [6, 6.07) is 6.14. The molecule has 21 heavy (non-hydrogen) atoms. The molecule has 3 rings (SSSR count). The molecule has 0 saturated heterocycles. The summed E-state index contributed by atoms with van der Waals surface area (Å²) in [6.07, 6.45) is 2.08. The van der Waals surface area contributed by atoms with Crippen LogP contribution in [0.1, 0.15) is 31.4 Å². The summed E-state index contributed by atoms with van der Waals surface area (Å²) in [4.78, 5) is 12.8. The zero-order valence-corrected chi connectivity index (χ0v) is 13.3. The maximum absolute atomic E-state index is 11.8. The first-order chi connectivity index (χ1) is 10.2. The molecule has 2 N–H and O–H groups in total. The average molecular weight is 325 g/mol. The Bertz CT molecular complexity index is 693. The van der Waals surface area contributed by atoms with Crippen molar-refractivity contribution in [2.75, 3.05) is 6.54 Å². The van der Waals surface area contributed by atoms with E-state index in [4.69, 9.17) is 11.6 Å². The zero-order chi connectivity index (χ0) is 14.8. The number of hydrogen-bond acceptors (Lipinski definition) is 4. The van der Waals surface area contributed by atoms with Crippen molar-refractivity contribution < 1.29 is 0 Å². The SMILES string of the molecule is CCNCc1cccc(Cl)c1Sc1n[nH]c(=O)n1C1CC1. The van der Waals surface area contributed by atoms with Crippen molar-refractivity contribution in [3.63, 3.8) is 0 Å². The van der Waals surface area contributed by atoms with Crippen LogP contribution in [0.3, 0.4) is 0 Å². The fourth-order valence-corrected chi connectivity index (χ4v) is 3.53. The van der Waals surface area contributed by atoms with Crippen molar-refractivity contribution in [3.8, 4) is 0 Å². The quantitative estimate of drug-likeness (QED) is 0.857. The normalized spacial score (nSPS) is 14.6. The van der Waals surface area contributed by atoms with E-state index >= 15 is 0 Å². The van der Waals surface area contributed by atoms with Crippen molar-refractivity contribution in [1.82, 2.24) is 20.1 Å². The van der Waals surface area contributed by atoms with Gasteiger partial charge < -0.3 is 5.32 Å². The molecule has 0 bridgehead atoms. The second kappa shape index (κ2) is 6.25. The first-order valence-corrected chi connectivity index (χ1v) is 8.23. The molecule has 0 aliphatic heterocycles. The van der Waals surface area contributed by atoms with E-state index in [1.165, 1.54) is 11.8 Å². The zero-order valence-electron chi connectivity index (χ0n) is 11.7.